The van der Waals surface area contributed by atoms with Gasteiger partial charge in [-0.3, -0.25) is 19.2 Å². The van der Waals surface area contributed by atoms with Gasteiger partial charge in [0.15, 0.2) is 5.65 Å². The molecule has 2 amide bonds. The van der Waals surface area contributed by atoms with Crippen molar-refractivity contribution >= 4 is 33.2 Å². The lowest BCUT2D eigenvalue weighted by Gasteiger charge is -2.24. The van der Waals surface area contributed by atoms with Gasteiger partial charge in [0.25, 0.3) is 0 Å². The average molecular weight is 414 g/mol. The molecule has 1 aromatic carbocycles. The smallest absolute Gasteiger partial charge is 0.234 e. The van der Waals surface area contributed by atoms with Crippen molar-refractivity contribution in [3.05, 3.63) is 42.7 Å². The van der Waals surface area contributed by atoms with Gasteiger partial charge in [-0.2, -0.15) is 9.61 Å². The van der Waals surface area contributed by atoms with Crippen molar-refractivity contribution in [1.29, 1.82) is 0 Å². The van der Waals surface area contributed by atoms with E-state index >= 15 is 0 Å². The molecule has 1 N–H and O–H groups in total. The molecule has 29 heavy (non-hydrogen) atoms. The van der Waals surface area contributed by atoms with Crippen LogP contribution in [0.3, 0.4) is 0 Å². The van der Waals surface area contributed by atoms with Gasteiger partial charge in [0, 0.05) is 30.6 Å². The minimum absolute atomic E-state index is 0.154. The Morgan fingerprint density at radius 2 is 1.86 bits per heavy atom. The number of aromatic nitrogens is 4. The Morgan fingerprint density at radius 1 is 1.07 bits per heavy atom. The Morgan fingerprint density at radius 3 is 2.66 bits per heavy atom. The summed E-state index contributed by atoms with van der Waals surface area (Å²) in [5.41, 5.74) is 2.31. The number of anilines is 1. The van der Waals surface area contributed by atoms with E-state index in [1.165, 1.54) is 10.8 Å². The van der Waals surface area contributed by atoms with Crippen molar-refractivity contribution in [1.82, 2.24) is 24.7 Å². The number of carbonyl (C=O) groups excluding carboxylic acids is 2. The normalized spacial score (nSPS) is 15.1. The Hall–Kier alpha value is -3.34. The molecular weight excluding hydrogens is 396 g/mol. The number of hydrogen-bond donors (Lipinski definition) is 1. The van der Waals surface area contributed by atoms with Crippen LogP contribution in [0.1, 0.15) is 19.3 Å². The third kappa shape index (κ3) is 4.24. The van der Waals surface area contributed by atoms with Crippen LogP contribution >= 0.6 is 0 Å². The summed E-state index contributed by atoms with van der Waals surface area (Å²) in [5.74, 6) is -1.01. The second kappa shape index (κ2) is 7.59. The van der Waals surface area contributed by atoms with Crippen molar-refractivity contribution in [2.45, 2.75) is 19.3 Å². The third-order valence-corrected chi connectivity index (χ3v) is 5.83. The van der Waals surface area contributed by atoms with Crippen LogP contribution in [0.15, 0.2) is 42.7 Å². The van der Waals surface area contributed by atoms with Gasteiger partial charge in [-0.15, -0.1) is 10.2 Å². The van der Waals surface area contributed by atoms with Crippen LogP contribution in [0.4, 0.5) is 5.69 Å². The molecule has 0 spiro atoms. The topological polar surface area (TPSA) is 127 Å². The number of sulfonamides is 1. The van der Waals surface area contributed by atoms with Gasteiger partial charge in [-0.05, 0) is 30.7 Å². The van der Waals surface area contributed by atoms with E-state index < -0.39 is 10.0 Å². The number of benzene rings is 1. The molecule has 0 aliphatic carbocycles. The lowest BCUT2D eigenvalue weighted by atomic mass is 10.1. The Bertz CT molecular complexity index is 1170. The van der Waals surface area contributed by atoms with E-state index in [0.29, 0.717) is 29.0 Å². The molecule has 1 aliphatic rings. The highest BCUT2D eigenvalue weighted by Gasteiger charge is 2.27. The summed E-state index contributed by atoms with van der Waals surface area (Å²) in [6, 6.07) is 10.3. The number of piperidine rings is 1. The number of hydrogen-bond acceptors (Lipinski definition) is 7. The highest BCUT2D eigenvalue weighted by Crippen LogP contribution is 2.22. The number of likely N-dealkylation sites (tertiary alicyclic amines) is 1. The summed E-state index contributed by atoms with van der Waals surface area (Å²) in [5, 5.41) is 12.1. The number of fused-ring (bicyclic) bond motifs is 1. The van der Waals surface area contributed by atoms with Crippen LogP contribution < -0.4 is 4.72 Å². The lowest BCUT2D eigenvalue weighted by molar-refractivity contribution is -0.147. The summed E-state index contributed by atoms with van der Waals surface area (Å²) in [7, 11) is -3.75. The van der Waals surface area contributed by atoms with Gasteiger partial charge in [-0.1, -0.05) is 12.1 Å². The number of amides is 2. The molecule has 1 fully saturated rings. The fraction of sp³-hybridized carbons (Fsp3) is 0.278. The average Bonchev–Trinajstić information content (AvgIpc) is 3.15. The van der Waals surface area contributed by atoms with E-state index in [0.717, 1.165) is 4.90 Å². The summed E-state index contributed by atoms with van der Waals surface area (Å²) in [6.45, 7) is -0.154. The Kier molecular flexibility index (Phi) is 4.97. The molecule has 0 atom stereocenters. The molecule has 10 nitrogen and oxygen atoms in total. The van der Waals surface area contributed by atoms with Crippen LogP contribution in [0, 0.1) is 0 Å². The second-order valence-corrected chi connectivity index (χ2v) is 8.49. The summed E-state index contributed by atoms with van der Waals surface area (Å²) >= 11 is 0. The van der Waals surface area contributed by atoms with Gasteiger partial charge in [0.1, 0.15) is 6.33 Å². The molecule has 4 rings (SSSR count). The van der Waals surface area contributed by atoms with E-state index in [9.17, 15) is 18.0 Å². The first kappa shape index (κ1) is 19.0. The van der Waals surface area contributed by atoms with Crippen LogP contribution in [-0.4, -0.2) is 57.2 Å². The number of nitrogens with zero attached hydrogens (tertiary/aromatic N) is 5. The molecule has 0 unspecified atom stereocenters. The van der Waals surface area contributed by atoms with Crippen LogP contribution in [0.25, 0.3) is 16.9 Å². The summed E-state index contributed by atoms with van der Waals surface area (Å²) in [4.78, 5) is 24.7. The lowest BCUT2D eigenvalue weighted by Crippen LogP contribution is -2.43. The van der Waals surface area contributed by atoms with Gasteiger partial charge in [0.05, 0.1) is 11.4 Å². The predicted octanol–water partition coefficient (Wildman–Crippen LogP) is 1.07. The molecule has 150 valence electrons. The molecule has 0 saturated carbocycles. The maximum Gasteiger partial charge on any atom is 0.234 e. The van der Waals surface area contributed by atoms with Crippen molar-refractivity contribution in [2.75, 3.05) is 17.0 Å². The van der Waals surface area contributed by atoms with Crippen LogP contribution in [0.5, 0.6) is 0 Å². The standard InChI is InChI=1S/C18H18N6O4S/c25-17-5-2-6-18(26)23(17)9-10-29(27,28)22-14-4-1-3-13(11-14)15-7-8-16-20-19-12-24(16)21-15/h1,3-4,7-8,11-12,22H,2,5-6,9-10H2. The van der Waals surface area contributed by atoms with Gasteiger partial charge >= 0.3 is 0 Å². The molecule has 0 bridgehead atoms. The molecular formula is C18H18N6O4S. The molecule has 3 heterocycles. The fourth-order valence-electron chi connectivity index (χ4n) is 3.12. The third-order valence-electron chi connectivity index (χ3n) is 4.56. The van der Waals surface area contributed by atoms with E-state index in [1.54, 1.807) is 36.4 Å². The van der Waals surface area contributed by atoms with Gasteiger partial charge in [0.2, 0.25) is 21.8 Å². The molecule has 1 aliphatic heterocycles. The largest absolute Gasteiger partial charge is 0.283 e. The molecule has 11 heteroatoms. The first-order valence-corrected chi connectivity index (χ1v) is 10.7. The minimum Gasteiger partial charge on any atom is -0.283 e. The number of imide groups is 1. The number of rotatable bonds is 6. The Balaban J connectivity index is 1.48. The van der Waals surface area contributed by atoms with Gasteiger partial charge in [-0.25, -0.2) is 8.42 Å². The zero-order valence-electron chi connectivity index (χ0n) is 15.4. The van der Waals surface area contributed by atoms with Crippen molar-refractivity contribution < 1.29 is 18.0 Å². The van der Waals surface area contributed by atoms with E-state index in [-0.39, 0.29) is 37.0 Å². The number of nitrogens with one attached hydrogen (secondary N) is 1. The second-order valence-electron chi connectivity index (χ2n) is 6.65. The fourth-order valence-corrected chi connectivity index (χ4v) is 4.13. The summed E-state index contributed by atoms with van der Waals surface area (Å²) < 4.78 is 28.9. The van der Waals surface area contributed by atoms with E-state index in [2.05, 4.69) is 20.0 Å². The maximum atomic E-state index is 12.4. The van der Waals surface area contributed by atoms with Crippen LogP contribution in [-0.2, 0) is 19.6 Å². The van der Waals surface area contributed by atoms with E-state index in [1.807, 2.05) is 0 Å². The highest BCUT2D eigenvalue weighted by molar-refractivity contribution is 7.92. The quantitative estimate of drug-likeness (QED) is 0.598. The van der Waals surface area contributed by atoms with Crippen LogP contribution in [0.2, 0.25) is 0 Å². The molecule has 1 saturated heterocycles. The summed E-state index contributed by atoms with van der Waals surface area (Å²) in [6.07, 6.45) is 2.53. The van der Waals surface area contributed by atoms with Crippen molar-refractivity contribution in [3.8, 4) is 11.3 Å². The molecule has 3 aromatic rings. The monoisotopic (exact) mass is 414 g/mol. The zero-order chi connectivity index (χ0) is 20.4. The van der Waals surface area contributed by atoms with Crippen molar-refractivity contribution in [2.24, 2.45) is 0 Å². The number of carbonyl (C=O) groups is 2. The van der Waals surface area contributed by atoms with Gasteiger partial charge < -0.3 is 0 Å². The first-order chi connectivity index (χ1) is 13.9. The molecule has 2 aromatic heterocycles. The Labute approximate surface area is 166 Å². The molecule has 0 radical (unpaired) electrons. The minimum atomic E-state index is -3.75. The maximum absolute atomic E-state index is 12.4. The van der Waals surface area contributed by atoms with Crippen molar-refractivity contribution in [3.63, 3.8) is 0 Å². The predicted molar refractivity (Wildman–Crippen MR) is 104 cm³/mol. The van der Waals surface area contributed by atoms with E-state index in [4.69, 9.17) is 0 Å². The SMILES string of the molecule is O=C1CCCC(=O)N1CCS(=O)(=O)Nc1cccc(-c2ccc3nncn3n2)c1. The highest BCUT2D eigenvalue weighted by atomic mass is 32.2. The first-order valence-electron chi connectivity index (χ1n) is 9.02. The zero-order valence-corrected chi connectivity index (χ0v) is 16.2.